The maximum Gasteiger partial charge on any atom is 0.119 e. The zero-order valence-corrected chi connectivity index (χ0v) is 13.6. The van der Waals surface area contributed by atoms with Crippen molar-refractivity contribution < 1.29 is 0 Å². The van der Waals surface area contributed by atoms with Crippen LogP contribution in [0.15, 0.2) is 73.3 Å². The van der Waals surface area contributed by atoms with Gasteiger partial charge in [-0.3, -0.25) is 9.97 Å². The minimum Gasteiger partial charge on any atom is -0.349 e. The van der Waals surface area contributed by atoms with E-state index in [-0.39, 0.29) is 12.1 Å². The lowest BCUT2D eigenvalue weighted by atomic mass is 10.1. The molecule has 0 N–H and O–H groups in total. The molecule has 2 atom stereocenters. The van der Waals surface area contributed by atoms with E-state index in [9.17, 15) is 0 Å². The average molecular weight is 330 g/mol. The van der Waals surface area contributed by atoms with Gasteiger partial charge in [-0.15, -0.1) is 11.3 Å². The fourth-order valence-electron chi connectivity index (χ4n) is 3.23. The van der Waals surface area contributed by atoms with Crippen LogP contribution in [0.5, 0.6) is 0 Å². The van der Waals surface area contributed by atoms with Crippen molar-refractivity contribution >= 4 is 27.2 Å². The summed E-state index contributed by atoms with van der Waals surface area (Å²) in [6.45, 7) is 0. The van der Waals surface area contributed by atoms with Gasteiger partial charge >= 0.3 is 0 Å². The van der Waals surface area contributed by atoms with Gasteiger partial charge in [-0.05, 0) is 42.0 Å². The summed E-state index contributed by atoms with van der Waals surface area (Å²) in [6.07, 6.45) is 7.43. The number of hydrogen-bond acceptors (Lipinski definition) is 5. The van der Waals surface area contributed by atoms with E-state index < -0.39 is 0 Å². The maximum absolute atomic E-state index is 4.87. The summed E-state index contributed by atoms with van der Waals surface area (Å²) >= 11 is 1.78. The van der Waals surface area contributed by atoms with Crippen LogP contribution in [0.2, 0.25) is 0 Å². The molecule has 5 heteroatoms. The van der Waals surface area contributed by atoms with Gasteiger partial charge in [-0.1, -0.05) is 12.1 Å². The minimum atomic E-state index is 0.258. The van der Waals surface area contributed by atoms with Gasteiger partial charge in [0.25, 0.3) is 0 Å². The molecule has 116 valence electrons. The van der Waals surface area contributed by atoms with Crippen LogP contribution in [0.3, 0.4) is 0 Å². The van der Waals surface area contributed by atoms with Gasteiger partial charge in [0.2, 0.25) is 0 Å². The molecule has 3 aromatic heterocycles. The van der Waals surface area contributed by atoms with Crippen molar-refractivity contribution in [3.63, 3.8) is 0 Å². The second kappa shape index (κ2) is 5.39. The second-order valence-corrected chi connectivity index (χ2v) is 6.87. The summed E-state index contributed by atoms with van der Waals surface area (Å²) in [5, 5.41) is 1.15. The molecule has 1 fully saturated rings. The topological polar surface area (TPSA) is 41.7 Å². The Balaban J connectivity index is 1.59. The van der Waals surface area contributed by atoms with Crippen LogP contribution < -0.4 is 4.90 Å². The lowest BCUT2D eigenvalue weighted by Gasteiger charge is -2.04. The van der Waals surface area contributed by atoms with Gasteiger partial charge in [-0.25, -0.2) is 4.98 Å². The van der Waals surface area contributed by atoms with Crippen LogP contribution >= 0.6 is 11.3 Å². The summed E-state index contributed by atoms with van der Waals surface area (Å²) < 4.78 is 1.24. The molecule has 4 aromatic rings. The van der Waals surface area contributed by atoms with Crippen molar-refractivity contribution in [3.8, 4) is 0 Å². The Hall–Kier alpha value is -2.79. The van der Waals surface area contributed by atoms with Crippen LogP contribution in [0.4, 0.5) is 5.69 Å². The molecular weight excluding hydrogens is 316 g/mol. The third kappa shape index (κ3) is 2.17. The summed E-state index contributed by atoms with van der Waals surface area (Å²) in [5.74, 6) is 0. The number of pyridine rings is 2. The highest BCUT2D eigenvalue weighted by atomic mass is 32.1. The smallest absolute Gasteiger partial charge is 0.119 e. The largest absolute Gasteiger partial charge is 0.349 e. The molecule has 0 amide bonds. The second-order valence-electron chi connectivity index (χ2n) is 5.81. The van der Waals surface area contributed by atoms with Crippen LogP contribution in [-0.2, 0) is 0 Å². The molecule has 5 rings (SSSR count). The first kappa shape index (κ1) is 13.6. The fourth-order valence-corrected chi connectivity index (χ4v) is 4.33. The minimum absolute atomic E-state index is 0.258. The van der Waals surface area contributed by atoms with Crippen molar-refractivity contribution in [2.24, 2.45) is 0 Å². The lowest BCUT2D eigenvalue weighted by Crippen LogP contribution is -1.96. The van der Waals surface area contributed by atoms with Crippen LogP contribution in [0, 0.1) is 0 Å². The first-order chi connectivity index (χ1) is 11.9. The standard InChI is InChI=1S/C19H14N4S/c1-2-6-16-15(5-1)22-19(24-16)18-17(13-7-10-20-11-8-13)23(18)14-4-3-9-21-12-14/h1-12,17-18H/t17-,18+,23?/m0/s1. The van der Waals surface area contributed by atoms with Gasteiger partial charge in [0, 0.05) is 18.6 Å². The molecule has 4 heterocycles. The predicted molar refractivity (Wildman–Crippen MR) is 96.1 cm³/mol. The zero-order valence-electron chi connectivity index (χ0n) is 12.8. The Kier molecular flexibility index (Phi) is 3.06. The van der Waals surface area contributed by atoms with E-state index in [1.165, 1.54) is 10.3 Å². The molecule has 1 aromatic carbocycles. The number of nitrogens with zero attached hydrogens (tertiary/aromatic N) is 4. The molecule has 0 spiro atoms. The van der Waals surface area contributed by atoms with E-state index in [4.69, 9.17) is 4.98 Å². The molecule has 1 aliphatic rings. The van der Waals surface area contributed by atoms with Crippen molar-refractivity contribution in [2.45, 2.75) is 12.1 Å². The first-order valence-corrected chi connectivity index (χ1v) is 8.67. The van der Waals surface area contributed by atoms with Crippen LogP contribution in [0.25, 0.3) is 10.2 Å². The summed E-state index contributed by atoms with van der Waals surface area (Å²) in [5.41, 5.74) is 3.46. The Bertz CT molecular complexity index is 905. The maximum atomic E-state index is 4.87. The van der Waals surface area contributed by atoms with Crippen molar-refractivity contribution in [3.05, 3.63) is 83.9 Å². The molecule has 1 saturated heterocycles. The first-order valence-electron chi connectivity index (χ1n) is 7.85. The fraction of sp³-hybridized carbons (Fsp3) is 0.105. The van der Waals surface area contributed by atoms with Crippen LogP contribution in [-0.4, -0.2) is 15.0 Å². The molecule has 0 saturated carbocycles. The number of anilines is 1. The third-order valence-electron chi connectivity index (χ3n) is 4.36. The van der Waals surface area contributed by atoms with E-state index in [0.29, 0.717) is 0 Å². The van der Waals surface area contributed by atoms with Gasteiger partial charge < -0.3 is 4.90 Å². The molecule has 0 radical (unpaired) electrons. The monoisotopic (exact) mass is 330 g/mol. The Labute approximate surface area is 143 Å². The highest BCUT2D eigenvalue weighted by Crippen LogP contribution is 2.57. The number of hydrogen-bond donors (Lipinski definition) is 0. The third-order valence-corrected chi connectivity index (χ3v) is 5.47. The Morgan fingerprint density at radius 3 is 2.50 bits per heavy atom. The molecule has 0 bridgehead atoms. The summed E-state index contributed by atoms with van der Waals surface area (Å²) in [6, 6.07) is 17.1. The number of para-hydroxylation sites is 1. The number of benzene rings is 1. The van der Waals surface area contributed by atoms with Crippen molar-refractivity contribution in [2.75, 3.05) is 4.90 Å². The number of fused-ring (bicyclic) bond motifs is 1. The summed E-state index contributed by atoms with van der Waals surface area (Å²) in [4.78, 5) is 15.7. The predicted octanol–water partition coefficient (Wildman–Crippen LogP) is 4.39. The SMILES string of the molecule is c1cncc(N2[C@@H](c3ccncc3)[C@@H]2c2nc3ccccc3s2)c1. The van der Waals surface area contributed by atoms with E-state index in [1.54, 1.807) is 17.5 Å². The highest BCUT2D eigenvalue weighted by molar-refractivity contribution is 7.18. The number of aromatic nitrogens is 3. The number of rotatable bonds is 3. The average Bonchev–Trinajstić information content (AvgIpc) is 3.26. The highest BCUT2D eigenvalue weighted by Gasteiger charge is 2.51. The van der Waals surface area contributed by atoms with Crippen molar-refractivity contribution in [1.82, 2.24) is 15.0 Å². The van der Waals surface area contributed by atoms with Crippen molar-refractivity contribution in [1.29, 1.82) is 0 Å². The molecular formula is C19H14N4S. The van der Waals surface area contributed by atoms with E-state index in [1.807, 2.05) is 30.7 Å². The van der Waals surface area contributed by atoms with Gasteiger partial charge in [-0.2, -0.15) is 0 Å². The van der Waals surface area contributed by atoms with Gasteiger partial charge in [0.15, 0.2) is 0 Å². The molecule has 24 heavy (non-hydrogen) atoms. The number of thiazole rings is 1. The normalized spacial score (nSPS) is 19.6. The van der Waals surface area contributed by atoms with E-state index in [2.05, 4.69) is 51.3 Å². The Morgan fingerprint density at radius 1 is 0.833 bits per heavy atom. The van der Waals surface area contributed by atoms with Crippen LogP contribution in [0.1, 0.15) is 22.7 Å². The molecule has 0 aliphatic carbocycles. The molecule has 4 nitrogen and oxygen atoms in total. The van der Waals surface area contributed by atoms with E-state index >= 15 is 0 Å². The molecule has 1 aliphatic heterocycles. The summed E-state index contributed by atoms with van der Waals surface area (Å²) in [7, 11) is 0. The van der Waals surface area contributed by atoms with Gasteiger partial charge in [0.05, 0.1) is 28.1 Å². The quantitative estimate of drug-likeness (QED) is 0.523. The Morgan fingerprint density at radius 2 is 1.71 bits per heavy atom. The lowest BCUT2D eigenvalue weighted by molar-refractivity contribution is 1.01. The zero-order chi connectivity index (χ0) is 15.9. The molecule has 0 unspecified atom stereocenters. The van der Waals surface area contributed by atoms with Gasteiger partial charge in [0.1, 0.15) is 11.0 Å². The van der Waals surface area contributed by atoms with E-state index in [0.717, 1.165) is 16.2 Å².